The van der Waals surface area contributed by atoms with E-state index in [1.165, 1.54) is 25.5 Å². The lowest BCUT2D eigenvalue weighted by atomic mass is 9.95. The van der Waals surface area contributed by atoms with Crippen LogP contribution in [0.1, 0.15) is 25.7 Å². The molecule has 0 spiro atoms. The zero-order valence-corrected chi connectivity index (χ0v) is 11.9. The molecular weight excluding hydrogens is 270 g/mol. The highest BCUT2D eigenvalue weighted by Crippen LogP contribution is 2.46. The largest absolute Gasteiger partial charge is 0.382 e. The Morgan fingerprint density at radius 3 is 2.72 bits per heavy atom. The van der Waals surface area contributed by atoms with Gasteiger partial charge in [-0.25, -0.2) is 8.42 Å². The van der Waals surface area contributed by atoms with Gasteiger partial charge in [0.1, 0.15) is 9.90 Å². The van der Waals surface area contributed by atoms with Crippen LogP contribution in [0.25, 0.3) is 0 Å². The summed E-state index contributed by atoms with van der Waals surface area (Å²) in [6.45, 7) is 0. The van der Waals surface area contributed by atoms with Gasteiger partial charge in [0.2, 0.25) is 0 Å². The Morgan fingerprint density at radius 1 is 1.39 bits per heavy atom. The fourth-order valence-corrected chi connectivity index (χ4v) is 5.45. The Hall–Kier alpha value is -0.820. The summed E-state index contributed by atoms with van der Waals surface area (Å²) in [5, 5.41) is 3.98. The van der Waals surface area contributed by atoms with Crippen molar-refractivity contribution >= 4 is 32.2 Å². The number of anilines is 2. The lowest BCUT2D eigenvalue weighted by molar-refractivity contribution is 0.440. The number of sulfone groups is 1. The summed E-state index contributed by atoms with van der Waals surface area (Å²) in [6.07, 6.45) is 6.18. The first kappa shape index (κ1) is 12.2. The van der Waals surface area contributed by atoms with Crippen molar-refractivity contribution in [3.05, 3.63) is 0 Å². The van der Waals surface area contributed by atoms with Gasteiger partial charge >= 0.3 is 0 Å². The van der Waals surface area contributed by atoms with Crippen LogP contribution in [0.3, 0.4) is 0 Å². The molecule has 7 heteroatoms. The quantitative estimate of drug-likeness (QED) is 0.884. The highest BCUT2D eigenvalue weighted by atomic mass is 32.2. The summed E-state index contributed by atoms with van der Waals surface area (Å²) in [5.41, 5.74) is 5.66. The van der Waals surface area contributed by atoms with Crippen molar-refractivity contribution < 1.29 is 8.42 Å². The molecule has 2 bridgehead atoms. The molecule has 0 radical (unpaired) electrons. The normalized spacial score (nSPS) is 30.8. The summed E-state index contributed by atoms with van der Waals surface area (Å²) < 4.78 is 27.4. The fourth-order valence-electron chi connectivity index (χ4n) is 3.33. The van der Waals surface area contributed by atoms with Crippen molar-refractivity contribution in [2.24, 2.45) is 11.8 Å². The van der Waals surface area contributed by atoms with E-state index < -0.39 is 9.84 Å². The predicted octanol–water partition coefficient (Wildman–Crippen LogP) is 1.73. The summed E-state index contributed by atoms with van der Waals surface area (Å²) in [6, 6.07) is 0.393. The van der Waals surface area contributed by atoms with E-state index in [1.54, 1.807) is 0 Å². The van der Waals surface area contributed by atoms with Crippen LogP contribution in [0.5, 0.6) is 0 Å². The smallest absolute Gasteiger partial charge is 0.182 e. The van der Waals surface area contributed by atoms with Crippen LogP contribution >= 0.6 is 11.5 Å². The van der Waals surface area contributed by atoms with Crippen molar-refractivity contribution in [1.82, 2.24) is 4.37 Å². The Morgan fingerprint density at radius 2 is 2.17 bits per heavy atom. The van der Waals surface area contributed by atoms with Gasteiger partial charge in [-0.15, -0.1) is 0 Å². The predicted molar refractivity (Wildman–Crippen MR) is 72.5 cm³/mol. The minimum absolute atomic E-state index is 0.119. The molecule has 5 nitrogen and oxygen atoms in total. The molecule has 3 unspecified atom stereocenters. The lowest BCUT2D eigenvalue weighted by Gasteiger charge is -2.23. The molecule has 0 aliphatic heterocycles. The van der Waals surface area contributed by atoms with Gasteiger partial charge in [0.05, 0.1) is 0 Å². The van der Waals surface area contributed by atoms with Gasteiger partial charge in [-0.05, 0) is 42.6 Å². The molecule has 0 amide bonds. The second-order valence-corrected chi connectivity index (χ2v) is 8.15. The third kappa shape index (κ3) is 1.99. The van der Waals surface area contributed by atoms with Crippen molar-refractivity contribution in [1.29, 1.82) is 0 Å². The summed E-state index contributed by atoms with van der Waals surface area (Å²) in [7, 11) is -3.32. The van der Waals surface area contributed by atoms with Gasteiger partial charge in [0.25, 0.3) is 0 Å². The van der Waals surface area contributed by atoms with Crippen LogP contribution < -0.4 is 11.1 Å². The molecule has 2 fully saturated rings. The maximum Gasteiger partial charge on any atom is 0.182 e. The number of hydrogen-bond donors (Lipinski definition) is 2. The van der Waals surface area contributed by atoms with E-state index in [0.29, 0.717) is 17.0 Å². The molecule has 1 aromatic heterocycles. The van der Waals surface area contributed by atoms with E-state index in [2.05, 4.69) is 9.69 Å². The minimum atomic E-state index is -3.32. The molecule has 0 aromatic carbocycles. The molecule has 1 heterocycles. The number of aromatic nitrogens is 1. The number of nitrogens with two attached hydrogens (primary N) is 1. The maximum atomic E-state index is 11.7. The SMILES string of the molecule is CS(=O)(=O)c1c(N)nsc1NC1CC2CCC1C2. The first-order valence-corrected chi connectivity index (χ1v) is 8.83. The van der Waals surface area contributed by atoms with Crippen molar-refractivity contribution in [3.8, 4) is 0 Å². The van der Waals surface area contributed by atoms with Crippen LogP contribution in [-0.2, 0) is 9.84 Å². The second kappa shape index (κ2) is 4.09. The number of fused-ring (bicyclic) bond motifs is 2. The molecule has 2 saturated carbocycles. The molecule has 3 rings (SSSR count). The molecule has 2 aliphatic rings. The monoisotopic (exact) mass is 287 g/mol. The van der Waals surface area contributed by atoms with E-state index in [-0.39, 0.29) is 10.7 Å². The average molecular weight is 287 g/mol. The van der Waals surface area contributed by atoms with Crippen LogP contribution in [0.15, 0.2) is 4.90 Å². The van der Waals surface area contributed by atoms with E-state index in [4.69, 9.17) is 5.73 Å². The van der Waals surface area contributed by atoms with Crippen LogP contribution in [0, 0.1) is 11.8 Å². The van der Waals surface area contributed by atoms with E-state index in [1.807, 2.05) is 0 Å². The van der Waals surface area contributed by atoms with E-state index in [9.17, 15) is 8.42 Å². The van der Waals surface area contributed by atoms with Crippen LogP contribution in [0.4, 0.5) is 10.8 Å². The summed E-state index contributed by atoms with van der Waals surface area (Å²) in [4.78, 5) is 0.176. The Bertz CT molecular complexity index is 567. The first-order chi connectivity index (χ1) is 8.45. The van der Waals surface area contributed by atoms with Gasteiger partial charge < -0.3 is 11.1 Å². The number of nitrogens with zero attached hydrogens (tertiary/aromatic N) is 1. The first-order valence-electron chi connectivity index (χ1n) is 6.17. The van der Waals surface area contributed by atoms with E-state index >= 15 is 0 Å². The molecule has 0 saturated heterocycles. The van der Waals surface area contributed by atoms with Crippen LogP contribution in [-0.4, -0.2) is 25.1 Å². The Kier molecular flexibility index (Phi) is 2.78. The molecular formula is C11H17N3O2S2. The lowest BCUT2D eigenvalue weighted by Crippen LogP contribution is -2.26. The molecule has 3 N–H and O–H groups in total. The number of nitrogen functional groups attached to an aromatic ring is 1. The van der Waals surface area contributed by atoms with Crippen molar-refractivity contribution in [2.45, 2.75) is 36.6 Å². The zero-order chi connectivity index (χ0) is 12.9. The van der Waals surface area contributed by atoms with Gasteiger partial charge in [0.15, 0.2) is 15.7 Å². The highest BCUT2D eigenvalue weighted by molar-refractivity contribution is 7.91. The molecule has 18 heavy (non-hydrogen) atoms. The fraction of sp³-hybridized carbons (Fsp3) is 0.727. The summed E-state index contributed by atoms with van der Waals surface area (Å²) in [5.74, 6) is 1.62. The second-order valence-electron chi connectivity index (χ2n) is 5.42. The zero-order valence-electron chi connectivity index (χ0n) is 10.2. The standard InChI is InChI=1S/C11H17N3O2S2/c1-18(15,16)9-10(12)14-17-11(9)13-8-5-6-2-3-7(8)4-6/h6-8,13H,2-5H2,1H3,(H2,12,14). The minimum Gasteiger partial charge on any atom is -0.382 e. The van der Waals surface area contributed by atoms with E-state index in [0.717, 1.165) is 23.9 Å². The Labute approximate surface area is 111 Å². The number of rotatable bonds is 3. The van der Waals surface area contributed by atoms with Gasteiger partial charge in [-0.1, -0.05) is 6.42 Å². The molecule has 100 valence electrons. The van der Waals surface area contributed by atoms with Gasteiger partial charge in [-0.3, -0.25) is 0 Å². The number of hydrogen-bond acceptors (Lipinski definition) is 6. The topological polar surface area (TPSA) is 85.1 Å². The molecule has 3 atom stereocenters. The third-order valence-electron chi connectivity index (χ3n) is 4.10. The number of nitrogens with one attached hydrogen (secondary N) is 1. The average Bonchev–Trinajstić information content (AvgIpc) is 2.92. The summed E-state index contributed by atoms with van der Waals surface area (Å²) >= 11 is 1.15. The molecule has 2 aliphatic carbocycles. The Balaban J connectivity index is 1.86. The van der Waals surface area contributed by atoms with Gasteiger partial charge in [0, 0.05) is 12.3 Å². The highest BCUT2D eigenvalue weighted by Gasteiger charge is 2.40. The van der Waals surface area contributed by atoms with Gasteiger partial charge in [-0.2, -0.15) is 4.37 Å². The maximum absolute atomic E-state index is 11.7. The van der Waals surface area contributed by atoms with Crippen molar-refractivity contribution in [3.63, 3.8) is 0 Å². The third-order valence-corrected chi connectivity index (χ3v) is 6.18. The van der Waals surface area contributed by atoms with Crippen molar-refractivity contribution in [2.75, 3.05) is 17.3 Å². The molecule has 1 aromatic rings. The van der Waals surface area contributed by atoms with Crippen LogP contribution in [0.2, 0.25) is 0 Å².